The summed E-state index contributed by atoms with van der Waals surface area (Å²) < 4.78 is 36.0. The summed E-state index contributed by atoms with van der Waals surface area (Å²) in [6.45, 7) is 5.25. The highest BCUT2D eigenvalue weighted by molar-refractivity contribution is 4.75. The zero-order chi connectivity index (χ0) is 13.6. The van der Waals surface area contributed by atoms with Gasteiger partial charge in [-0.15, -0.1) is 0 Å². The maximum atomic E-state index is 12.0. The van der Waals surface area contributed by atoms with Gasteiger partial charge in [-0.25, -0.2) is 0 Å². The number of hydrogen-bond acceptors (Lipinski definition) is 1. The Hall–Kier alpha value is -0.250. The lowest BCUT2D eigenvalue weighted by Gasteiger charge is -2.30. The van der Waals surface area contributed by atoms with E-state index in [0.717, 1.165) is 12.5 Å². The fraction of sp³-hybridized carbons (Fsp3) is 1.00. The van der Waals surface area contributed by atoms with E-state index in [0.29, 0.717) is 12.3 Å². The Kier molecular flexibility index (Phi) is 6.47. The quantitative estimate of drug-likeness (QED) is 0.744. The van der Waals surface area contributed by atoms with Crippen LogP contribution in [-0.4, -0.2) is 18.8 Å². The summed E-state index contributed by atoms with van der Waals surface area (Å²) in [6.07, 6.45) is 1.39. The molecule has 1 saturated carbocycles. The molecule has 0 saturated heterocycles. The van der Waals surface area contributed by atoms with Gasteiger partial charge in [-0.2, -0.15) is 13.2 Å². The van der Waals surface area contributed by atoms with Crippen LogP contribution < -0.4 is 5.32 Å². The standard InChI is InChI=1S/C14H26F3N/c1-11-6-3-4-8-13(11)10-18-12(2)7-5-9-14(15,16)17/h11-13,18H,3-10H2,1-2H3. The molecule has 0 heterocycles. The number of nitrogens with one attached hydrogen (secondary N) is 1. The number of hydrogen-bond donors (Lipinski definition) is 1. The van der Waals surface area contributed by atoms with E-state index >= 15 is 0 Å². The lowest BCUT2D eigenvalue weighted by molar-refractivity contribution is -0.135. The number of halogens is 3. The first kappa shape index (κ1) is 15.8. The van der Waals surface area contributed by atoms with E-state index in [-0.39, 0.29) is 12.5 Å². The van der Waals surface area contributed by atoms with Crippen molar-refractivity contribution in [3.8, 4) is 0 Å². The molecule has 0 aromatic heterocycles. The molecule has 1 nitrogen and oxygen atoms in total. The minimum absolute atomic E-state index is 0.196. The van der Waals surface area contributed by atoms with Gasteiger partial charge in [-0.3, -0.25) is 0 Å². The SMILES string of the molecule is CC(CCCC(F)(F)F)NCC1CCCCC1C. The van der Waals surface area contributed by atoms with Crippen LogP contribution in [0.3, 0.4) is 0 Å². The average molecular weight is 265 g/mol. The first-order valence-corrected chi connectivity index (χ1v) is 7.18. The Balaban J connectivity index is 2.10. The smallest absolute Gasteiger partial charge is 0.314 e. The van der Waals surface area contributed by atoms with Gasteiger partial charge in [0.05, 0.1) is 0 Å². The van der Waals surface area contributed by atoms with Gasteiger partial charge < -0.3 is 5.32 Å². The molecule has 108 valence electrons. The molecule has 0 aromatic rings. The normalized spacial score (nSPS) is 27.2. The predicted octanol–water partition coefficient (Wildman–Crippen LogP) is 4.52. The fourth-order valence-electron chi connectivity index (χ4n) is 2.76. The topological polar surface area (TPSA) is 12.0 Å². The summed E-state index contributed by atoms with van der Waals surface area (Å²) in [5, 5.41) is 3.40. The second kappa shape index (κ2) is 7.37. The fourth-order valence-corrected chi connectivity index (χ4v) is 2.76. The van der Waals surface area contributed by atoms with Crippen molar-refractivity contribution < 1.29 is 13.2 Å². The van der Waals surface area contributed by atoms with Crippen LogP contribution in [0.15, 0.2) is 0 Å². The van der Waals surface area contributed by atoms with Crippen LogP contribution in [0, 0.1) is 11.8 Å². The van der Waals surface area contributed by atoms with Gasteiger partial charge in [0, 0.05) is 12.5 Å². The molecule has 1 rings (SSSR count). The van der Waals surface area contributed by atoms with E-state index in [1.54, 1.807) is 0 Å². The van der Waals surface area contributed by atoms with Gasteiger partial charge in [0.2, 0.25) is 0 Å². The molecule has 0 aromatic carbocycles. The van der Waals surface area contributed by atoms with E-state index in [1.165, 1.54) is 25.7 Å². The summed E-state index contributed by atoms with van der Waals surface area (Å²) >= 11 is 0. The van der Waals surface area contributed by atoms with E-state index in [2.05, 4.69) is 12.2 Å². The second-order valence-electron chi connectivity index (χ2n) is 5.84. The van der Waals surface area contributed by atoms with Crippen LogP contribution in [-0.2, 0) is 0 Å². The molecule has 0 amide bonds. The molecular formula is C14H26F3N. The summed E-state index contributed by atoms with van der Waals surface area (Å²) in [7, 11) is 0. The molecule has 1 aliphatic carbocycles. The Bertz CT molecular complexity index is 228. The van der Waals surface area contributed by atoms with Crippen molar-refractivity contribution in [3.63, 3.8) is 0 Å². The molecule has 0 bridgehead atoms. The van der Waals surface area contributed by atoms with Crippen LogP contribution in [0.5, 0.6) is 0 Å². The van der Waals surface area contributed by atoms with Gasteiger partial charge in [-0.05, 0) is 44.6 Å². The van der Waals surface area contributed by atoms with Crippen LogP contribution in [0.4, 0.5) is 13.2 Å². The van der Waals surface area contributed by atoms with Crippen molar-refractivity contribution in [1.29, 1.82) is 0 Å². The molecule has 18 heavy (non-hydrogen) atoms. The molecule has 0 radical (unpaired) electrons. The molecular weight excluding hydrogens is 239 g/mol. The van der Waals surface area contributed by atoms with Gasteiger partial charge >= 0.3 is 6.18 Å². The molecule has 3 unspecified atom stereocenters. The van der Waals surface area contributed by atoms with Crippen molar-refractivity contribution in [2.75, 3.05) is 6.54 Å². The summed E-state index contributed by atoms with van der Waals surface area (Å²) in [5.74, 6) is 1.47. The van der Waals surface area contributed by atoms with Crippen molar-refractivity contribution in [1.82, 2.24) is 5.32 Å². The largest absolute Gasteiger partial charge is 0.389 e. The second-order valence-corrected chi connectivity index (χ2v) is 5.84. The van der Waals surface area contributed by atoms with Gasteiger partial charge in [0.25, 0.3) is 0 Å². The summed E-state index contributed by atoms with van der Waals surface area (Å²) in [5.41, 5.74) is 0. The summed E-state index contributed by atoms with van der Waals surface area (Å²) in [4.78, 5) is 0. The third kappa shape index (κ3) is 6.62. The van der Waals surface area contributed by atoms with E-state index < -0.39 is 12.6 Å². The predicted molar refractivity (Wildman–Crippen MR) is 68.5 cm³/mol. The lowest BCUT2D eigenvalue weighted by atomic mass is 9.80. The van der Waals surface area contributed by atoms with Gasteiger partial charge in [0.15, 0.2) is 0 Å². The maximum absolute atomic E-state index is 12.0. The molecule has 1 aliphatic rings. The minimum Gasteiger partial charge on any atom is -0.314 e. The van der Waals surface area contributed by atoms with E-state index in [1.807, 2.05) is 6.92 Å². The Morgan fingerprint density at radius 3 is 2.50 bits per heavy atom. The Morgan fingerprint density at radius 2 is 1.89 bits per heavy atom. The van der Waals surface area contributed by atoms with Crippen LogP contribution in [0.1, 0.15) is 58.8 Å². The van der Waals surface area contributed by atoms with Crippen LogP contribution in [0.2, 0.25) is 0 Å². The van der Waals surface area contributed by atoms with Crippen LogP contribution >= 0.6 is 0 Å². The molecule has 1 N–H and O–H groups in total. The van der Waals surface area contributed by atoms with Crippen LogP contribution in [0.25, 0.3) is 0 Å². The number of rotatable bonds is 6. The summed E-state index contributed by atoms with van der Waals surface area (Å²) in [6, 6.07) is 0.196. The molecule has 1 fully saturated rings. The van der Waals surface area contributed by atoms with Crippen molar-refractivity contribution >= 4 is 0 Å². The maximum Gasteiger partial charge on any atom is 0.389 e. The third-order valence-electron chi connectivity index (χ3n) is 4.12. The zero-order valence-corrected chi connectivity index (χ0v) is 11.5. The Morgan fingerprint density at radius 1 is 1.22 bits per heavy atom. The highest BCUT2D eigenvalue weighted by atomic mass is 19.4. The first-order valence-electron chi connectivity index (χ1n) is 7.18. The van der Waals surface area contributed by atoms with E-state index in [4.69, 9.17) is 0 Å². The van der Waals surface area contributed by atoms with E-state index in [9.17, 15) is 13.2 Å². The zero-order valence-electron chi connectivity index (χ0n) is 11.5. The van der Waals surface area contributed by atoms with Crippen molar-refractivity contribution in [2.45, 2.75) is 71.0 Å². The molecule has 4 heteroatoms. The lowest BCUT2D eigenvalue weighted by Crippen LogP contribution is -2.34. The van der Waals surface area contributed by atoms with Gasteiger partial charge in [-0.1, -0.05) is 26.2 Å². The molecule has 0 aliphatic heterocycles. The average Bonchev–Trinajstić information content (AvgIpc) is 2.26. The molecule has 0 spiro atoms. The monoisotopic (exact) mass is 265 g/mol. The third-order valence-corrected chi connectivity index (χ3v) is 4.12. The van der Waals surface area contributed by atoms with Crippen molar-refractivity contribution in [3.05, 3.63) is 0 Å². The highest BCUT2D eigenvalue weighted by Gasteiger charge is 2.26. The number of alkyl halides is 3. The first-order chi connectivity index (χ1) is 8.38. The minimum atomic E-state index is -4.00. The van der Waals surface area contributed by atoms with Gasteiger partial charge in [0.1, 0.15) is 0 Å². The Labute approximate surface area is 109 Å². The highest BCUT2D eigenvalue weighted by Crippen LogP contribution is 2.29. The van der Waals surface area contributed by atoms with Crippen molar-refractivity contribution in [2.24, 2.45) is 11.8 Å². The molecule has 3 atom stereocenters.